The van der Waals surface area contributed by atoms with E-state index in [1.807, 2.05) is 24.3 Å². The number of aromatic hydroxyl groups is 1. The third-order valence-electron chi connectivity index (χ3n) is 5.97. The van der Waals surface area contributed by atoms with Crippen LogP contribution in [-0.4, -0.2) is 69.5 Å². The molecule has 1 heterocycles. The second kappa shape index (κ2) is 13.1. The van der Waals surface area contributed by atoms with Crippen LogP contribution < -0.4 is 27.4 Å². The number of carbonyl (C=O) groups is 5. The maximum atomic E-state index is 13.4. The van der Waals surface area contributed by atoms with E-state index >= 15 is 0 Å². The van der Waals surface area contributed by atoms with Gasteiger partial charge in [0, 0.05) is 29.9 Å². The molecule has 0 saturated carbocycles. The Morgan fingerprint density at radius 3 is 2.08 bits per heavy atom. The van der Waals surface area contributed by atoms with Gasteiger partial charge in [0.15, 0.2) is 0 Å². The second-order valence-corrected chi connectivity index (χ2v) is 8.89. The summed E-state index contributed by atoms with van der Waals surface area (Å²) in [5.41, 5.74) is 12.6. The third-order valence-corrected chi connectivity index (χ3v) is 5.97. The van der Waals surface area contributed by atoms with Crippen molar-refractivity contribution >= 4 is 40.5 Å². The van der Waals surface area contributed by atoms with Crippen molar-refractivity contribution in [3.63, 3.8) is 0 Å². The first-order valence-electron chi connectivity index (χ1n) is 12.0. The van der Waals surface area contributed by atoms with Crippen molar-refractivity contribution in [2.75, 3.05) is 6.54 Å². The van der Waals surface area contributed by atoms with Crippen molar-refractivity contribution in [1.82, 2.24) is 20.9 Å². The van der Waals surface area contributed by atoms with Gasteiger partial charge in [-0.3, -0.25) is 19.2 Å². The molecule has 3 atom stereocenters. The highest BCUT2D eigenvalue weighted by atomic mass is 16.4. The maximum absolute atomic E-state index is 13.4. The molecule has 0 spiro atoms. The number of para-hydroxylation sites is 1. The lowest BCUT2D eigenvalue weighted by atomic mass is 10.0. The van der Waals surface area contributed by atoms with Crippen LogP contribution in [0.2, 0.25) is 0 Å². The minimum atomic E-state index is -1.62. The number of H-pyrrole nitrogens is 1. The topological polar surface area (TPSA) is 230 Å². The Kier molecular flexibility index (Phi) is 9.59. The number of rotatable bonds is 13. The minimum absolute atomic E-state index is 0.0144. The van der Waals surface area contributed by atoms with E-state index in [9.17, 15) is 34.2 Å². The summed E-state index contributed by atoms with van der Waals surface area (Å²) in [5, 5.41) is 27.2. The highest BCUT2D eigenvalue weighted by molar-refractivity contribution is 5.95. The average Bonchev–Trinajstić information content (AvgIpc) is 3.31. The van der Waals surface area contributed by atoms with Crippen LogP contribution in [0.5, 0.6) is 5.75 Å². The number of fused-ring (bicyclic) bond motifs is 1. The summed E-state index contributed by atoms with van der Waals surface area (Å²) in [6.45, 7) is -0.373. The van der Waals surface area contributed by atoms with Gasteiger partial charge in [-0.1, -0.05) is 30.3 Å². The number of carboxylic acid groups (broad SMARTS) is 1. The van der Waals surface area contributed by atoms with Crippen molar-refractivity contribution in [1.29, 1.82) is 0 Å². The lowest BCUT2D eigenvalue weighted by Crippen LogP contribution is -2.57. The summed E-state index contributed by atoms with van der Waals surface area (Å²) < 4.78 is 0. The number of hydrogen-bond donors (Lipinski definition) is 8. The summed E-state index contributed by atoms with van der Waals surface area (Å²) >= 11 is 0. The molecule has 3 rings (SSSR count). The predicted octanol–water partition coefficient (Wildman–Crippen LogP) is -0.968. The molecule has 13 nitrogen and oxygen atoms in total. The van der Waals surface area contributed by atoms with Crippen LogP contribution in [0.4, 0.5) is 0 Å². The molecular weight excluding hydrogens is 508 g/mol. The first-order chi connectivity index (χ1) is 18.6. The molecule has 10 N–H and O–H groups in total. The van der Waals surface area contributed by atoms with E-state index in [4.69, 9.17) is 11.5 Å². The highest BCUT2D eigenvalue weighted by Crippen LogP contribution is 2.19. The molecule has 3 unspecified atom stereocenters. The number of primary amides is 1. The van der Waals surface area contributed by atoms with E-state index < -0.39 is 54.1 Å². The number of carboxylic acids is 1. The molecule has 0 radical (unpaired) electrons. The van der Waals surface area contributed by atoms with Gasteiger partial charge in [0.1, 0.15) is 23.9 Å². The highest BCUT2D eigenvalue weighted by Gasteiger charge is 2.31. The molecule has 0 fully saturated rings. The van der Waals surface area contributed by atoms with Crippen LogP contribution in [0.15, 0.2) is 54.7 Å². The summed E-state index contributed by atoms with van der Waals surface area (Å²) in [6, 6.07) is 9.16. The van der Waals surface area contributed by atoms with Gasteiger partial charge in [-0.25, -0.2) is 4.79 Å². The van der Waals surface area contributed by atoms with E-state index in [1.54, 1.807) is 6.20 Å². The summed E-state index contributed by atoms with van der Waals surface area (Å²) in [5.74, 6) is -4.64. The Labute approximate surface area is 222 Å². The van der Waals surface area contributed by atoms with Crippen LogP contribution in [0.1, 0.15) is 17.5 Å². The first-order valence-corrected chi connectivity index (χ1v) is 12.0. The van der Waals surface area contributed by atoms with Gasteiger partial charge in [-0.05, 0) is 29.3 Å². The molecule has 1 aromatic heterocycles. The molecule has 0 aliphatic heterocycles. The van der Waals surface area contributed by atoms with E-state index in [2.05, 4.69) is 20.9 Å². The summed E-state index contributed by atoms with van der Waals surface area (Å²) in [6.07, 6.45) is 1.03. The number of nitrogens with two attached hydrogens (primary N) is 2. The maximum Gasteiger partial charge on any atom is 0.326 e. The van der Waals surface area contributed by atoms with Crippen LogP contribution in [-0.2, 0) is 36.8 Å². The number of aliphatic carboxylic acids is 1. The Bertz CT molecular complexity index is 1350. The smallest absolute Gasteiger partial charge is 0.326 e. The van der Waals surface area contributed by atoms with Crippen LogP contribution >= 0.6 is 0 Å². The zero-order valence-corrected chi connectivity index (χ0v) is 20.8. The molecule has 0 saturated heterocycles. The Hall–Kier alpha value is -4.91. The number of amides is 4. The van der Waals surface area contributed by atoms with Gasteiger partial charge in [-0.15, -0.1) is 0 Å². The fourth-order valence-corrected chi connectivity index (χ4v) is 4.01. The monoisotopic (exact) mass is 538 g/mol. The molecule has 13 heteroatoms. The molecule has 39 heavy (non-hydrogen) atoms. The van der Waals surface area contributed by atoms with Gasteiger partial charge in [0.25, 0.3) is 0 Å². The molecule has 2 aromatic carbocycles. The number of phenolic OH excluding ortho intramolecular Hbond substituents is 1. The molecule has 206 valence electrons. The number of hydrogen-bond acceptors (Lipinski definition) is 7. The van der Waals surface area contributed by atoms with Crippen molar-refractivity contribution < 1.29 is 34.2 Å². The summed E-state index contributed by atoms with van der Waals surface area (Å²) in [7, 11) is 0. The van der Waals surface area contributed by atoms with Gasteiger partial charge in [0.05, 0.1) is 13.0 Å². The zero-order valence-electron chi connectivity index (χ0n) is 20.8. The fraction of sp³-hybridized carbons (Fsp3) is 0.269. The van der Waals surface area contributed by atoms with Crippen LogP contribution in [0, 0.1) is 0 Å². The molecular formula is C26H30N6O7. The SMILES string of the molecule is NCC(=O)NC(Cc1c[nH]c2ccccc12)C(=O)NC(Cc1ccc(O)cc1)C(=O)NC(CC(N)=O)C(=O)O. The number of aromatic nitrogens is 1. The van der Waals surface area contributed by atoms with Gasteiger partial charge in [-0.2, -0.15) is 0 Å². The van der Waals surface area contributed by atoms with Crippen LogP contribution in [0.3, 0.4) is 0 Å². The average molecular weight is 539 g/mol. The fourth-order valence-electron chi connectivity index (χ4n) is 4.01. The van der Waals surface area contributed by atoms with E-state index in [1.165, 1.54) is 24.3 Å². The number of benzene rings is 2. The van der Waals surface area contributed by atoms with Gasteiger partial charge >= 0.3 is 5.97 Å². The van der Waals surface area contributed by atoms with E-state index in [0.717, 1.165) is 16.5 Å². The Morgan fingerprint density at radius 2 is 1.46 bits per heavy atom. The van der Waals surface area contributed by atoms with Gasteiger partial charge < -0.3 is 42.6 Å². The lowest BCUT2D eigenvalue weighted by molar-refractivity contribution is -0.143. The number of nitrogens with one attached hydrogen (secondary N) is 4. The minimum Gasteiger partial charge on any atom is -0.508 e. The van der Waals surface area contributed by atoms with Gasteiger partial charge in [0.2, 0.25) is 23.6 Å². The third kappa shape index (κ3) is 8.04. The Balaban J connectivity index is 1.87. The first kappa shape index (κ1) is 28.7. The number of phenols is 1. The zero-order chi connectivity index (χ0) is 28.5. The molecule has 0 aliphatic carbocycles. The normalized spacial score (nSPS) is 13.2. The van der Waals surface area contributed by atoms with Crippen LogP contribution in [0.25, 0.3) is 10.9 Å². The standard InChI is InChI=1S/C26H30N6O7/c27-12-23(35)30-20(10-15-13-29-18-4-2-1-3-17(15)18)25(37)31-19(9-14-5-7-16(33)8-6-14)24(36)32-21(26(38)39)11-22(28)34/h1-8,13,19-21,29,33H,9-12,27H2,(H2,28,34)(H,30,35)(H,31,37)(H,32,36)(H,38,39). The molecule has 0 aliphatic rings. The van der Waals surface area contributed by atoms with E-state index in [0.29, 0.717) is 5.56 Å². The number of aromatic amines is 1. The second-order valence-electron chi connectivity index (χ2n) is 8.89. The van der Waals surface area contributed by atoms with Crippen molar-refractivity contribution in [2.45, 2.75) is 37.4 Å². The van der Waals surface area contributed by atoms with Crippen molar-refractivity contribution in [3.05, 3.63) is 65.9 Å². The van der Waals surface area contributed by atoms with Crippen molar-refractivity contribution in [2.24, 2.45) is 11.5 Å². The lowest BCUT2D eigenvalue weighted by Gasteiger charge is -2.24. The predicted molar refractivity (Wildman–Crippen MR) is 140 cm³/mol. The Morgan fingerprint density at radius 1 is 0.846 bits per heavy atom. The molecule has 3 aromatic rings. The molecule has 4 amide bonds. The molecule has 0 bridgehead atoms. The largest absolute Gasteiger partial charge is 0.508 e. The van der Waals surface area contributed by atoms with E-state index in [-0.39, 0.29) is 25.1 Å². The quantitative estimate of drug-likeness (QED) is 0.135. The summed E-state index contributed by atoms with van der Waals surface area (Å²) in [4.78, 5) is 64.7. The van der Waals surface area contributed by atoms with Crippen molar-refractivity contribution in [3.8, 4) is 5.75 Å². The number of carbonyl (C=O) groups excluding carboxylic acids is 4.